The zero-order chi connectivity index (χ0) is 17.8. The smallest absolute Gasteiger partial charge is 0.195 e. The summed E-state index contributed by atoms with van der Waals surface area (Å²) in [5, 5.41) is 6.70. The topological polar surface area (TPSA) is 54.9 Å². The summed E-state index contributed by atoms with van der Waals surface area (Å²) in [6.07, 6.45) is 2.02. The molecule has 0 radical (unpaired) electrons. The van der Waals surface area contributed by atoms with E-state index < -0.39 is 0 Å². The summed E-state index contributed by atoms with van der Waals surface area (Å²) in [5.41, 5.74) is 3.83. The molecule has 2 N–H and O–H groups in total. The molecule has 27 heavy (non-hydrogen) atoms. The Bertz CT molecular complexity index is 810. The quantitative estimate of drug-likeness (QED) is 0.393. The first-order valence-electron chi connectivity index (χ1n) is 9.36. The van der Waals surface area contributed by atoms with Crippen molar-refractivity contribution < 1.29 is 9.47 Å². The molecule has 2 aromatic carbocycles. The van der Waals surface area contributed by atoms with E-state index in [9.17, 15) is 0 Å². The Kier molecular flexibility index (Phi) is 6.82. The molecule has 0 amide bonds. The molecule has 1 unspecified atom stereocenters. The first-order valence-corrected chi connectivity index (χ1v) is 9.36. The lowest BCUT2D eigenvalue weighted by Crippen LogP contribution is -2.32. The fourth-order valence-corrected chi connectivity index (χ4v) is 3.41. The second-order valence-corrected chi connectivity index (χ2v) is 6.66. The van der Waals surface area contributed by atoms with E-state index in [2.05, 4.69) is 41.8 Å². The first-order chi connectivity index (χ1) is 12.8. The highest BCUT2D eigenvalue weighted by molar-refractivity contribution is 14.0. The lowest BCUT2D eigenvalue weighted by Gasteiger charge is -2.29. The van der Waals surface area contributed by atoms with Crippen LogP contribution in [0.2, 0.25) is 0 Å². The Hall–Kier alpha value is -1.96. The maximum Gasteiger partial charge on any atom is 0.195 e. The van der Waals surface area contributed by atoms with Gasteiger partial charge in [-0.15, -0.1) is 24.0 Å². The highest BCUT2D eigenvalue weighted by Crippen LogP contribution is 2.35. The second kappa shape index (κ2) is 9.30. The van der Waals surface area contributed by atoms with Crippen molar-refractivity contribution in [3.05, 3.63) is 53.6 Å². The van der Waals surface area contributed by atoms with Crippen molar-refractivity contribution in [1.29, 1.82) is 0 Å². The van der Waals surface area contributed by atoms with Crippen LogP contribution in [-0.2, 0) is 6.42 Å². The minimum Gasteiger partial charge on any atom is -0.490 e. The molecule has 4 rings (SSSR count). The van der Waals surface area contributed by atoms with Crippen LogP contribution in [0.15, 0.2) is 47.5 Å². The number of aliphatic imine (C=N–C) groups is 1. The summed E-state index contributed by atoms with van der Waals surface area (Å²) in [5.74, 6) is 2.91. The number of nitrogens with one attached hydrogen (secondary N) is 2. The van der Waals surface area contributed by atoms with Crippen LogP contribution < -0.4 is 20.1 Å². The summed E-state index contributed by atoms with van der Waals surface area (Å²) >= 11 is 0. The van der Waals surface area contributed by atoms with Crippen molar-refractivity contribution in [2.24, 2.45) is 4.99 Å². The summed E-state index contributed by atoms with van der Waals surface area (Å²) in [7, 11) is 0. The van der Waals surface area contributed by atoms with Gasteiger partial charge in [0.15, 0.2) is 17.5 Å². The largest absolute Gasteiger partial charge is 0.490 e. The molecule has 1 aliphatic carbocycles. The molecule has 2 aromatic rings. The van der Waals surface area contributed by atoms with Crippen molar-refractivity contribution >= 4 is 35.6 Å². The highest BCUT2D eigenvalue weighted by atomic mass is 127. The molecule has 0 aromatic heterocycles. The molecule has 0 spiro atoms. The minimum absolute atomic E-state index is 0. The van der Waals surface area contributed by atoms with Gasteiger partial charge in [-0.3, -0.25) is 4.99 Å². The zero-order valence-corrected chi connectivity index (χ0v) is 17.9. The molecule has 2 aliphatic rings. The third-order valence-corrected chi connectivity index (χ3v) is 4.79. The fourth-order valence-electron chi connectivity index (χ4n) is 3.41. The zero-order valence-electron chi connectivity index (χ0n) is 15.5. The van der Waals surface area contributed by atoms with E-state index in [1.54, 1.807) is 0 Å². The maximum absolute atomic E-state index is 5.77. The van der Waals surface area contributed by atoms with Crippen LogP contribution in [0.25, 0.3) is 0 Å². The van der Waals surface area contributed by atoms with Crippen LogP contribution in [-0.4, -0.2) is 32.3 Å². The number of hydrogen-bond acceptors (Lipinski definition) is 3. The molecule has 144 valence electrons. The van der Waals surface area contributed by atoms with Crippen molar-refractivity contribution in [1.82, 2.24) is 5.32 Å². The van der Waals surface area contributed by atoms with E-state index >= 15 is 0 Å². The third kappa shape index (κ3) is 4.66. The van der Waals surface area contributed by atoms with Crippen LogP contribution >= 0.6 is 24.0 Å². The van der Waals surface area contributed by atoms with Crippen molar-refractivity contribution in [3.8, 4) is 11.5 Å². The number of hydrogen-bond donors (Lipinski definition) is 2. The Morgan fingerprint density at radius 1 is 1.11 bits per heavy atom. The number of nitrogens with zero attached hydrogens (tertiary/aromatic N) is 1. The molecule has 0 saturated carbocycles. The Morgan fingerprint density at radius 3 is 2.74 bits per heavy atom. The van der Waals surface area contributed by atoms with Crippen LogP contribution in [0.5, 0.6) is 11.5 Å². The summed E-state index contributed by atoms with van der Waals surface area (Å²) in [6, 6.07) is 14.6. The van der Waals surface area contributed by atoms with Gasteiger partial charge < -0.3 is 20.1 Å². The normalized spacial score (nSPS) is 17.7. The Balaban J connectivity index is 0.00000210. The average Bonchev–Trinajstić information content (AvgIpc) is 2.87. The Labute approximate surface area is 177 Å². The molecule has 6 heteroatoms. The van der Waals surface area contributed by atoms with Gasteiger partial charge in [-0.05, 0) is 36.6 Å². The van der Waals surface area contributed by atoms with E-state index in [-0.39, 0.29) is 24.0 Å². The SMILES string of the molecule is CCNC(=NCC1Cc2ccccc21)Nc1ccc2c(c1)OCCCO2.I. The molecule has 0 saturated heterocycles. The van der Waals surface area contributed by atoms with Gasteiger partial charge in [0, 0.05) is 37.2 Å². The van der Waals surface area contributed by atoms with Gasteiger partial charge in [0.2, 0.25) is 0 Å². The summed E-state index contributed by atoms with van der Waals surface area (Å²) in [4.78, 5) is 4.78. The first kappa shape index (κ1) is 19.8. The van der Waals surface area contributed by atoms with Crippen molar-refractivity contribution in [3.63, 3.8) is 0 Å². The number of anilines is 1. The standard InChI is InChI=1S/C21H25N3O2.HI/c1-2-22-21(23-14-16-12-15-6-3-4-7-18(15)16)24-17-8-9-19-20(13-17)26-11-5-10-25-19;/h3-4,6-9,13,16H,2,5,10-12,14H2,1H3,(H2,22,23,24);1H. The predicted molar refractivity (Wildman–Crippen MR) is 120 cm³/mol. The molecular weight excluding hydrogens is 453 g/mol. The molecule has 5 nitrogen and oxygen atoms in total. The van der Waals surface area contributed by atoms with Gasteiger partial charge in [0.25, 0.3) is 0 Å². The van der Waals surface area contributed by atoms with E-state index in [0.717, 1.165) is 49.1 Å². The lowest BCUT2D eigenvalue weighted by atomic mass is 9.78. The van der Waals surface area contributed by atoms with Gasteiger partial charge in [-0.25, -0.2) is 0 Å². The summed E-state index contributed by atoms with van der Waals surface area (Å²) < 4.78 is 11.5. The van der Waals surface area contributed by atoms with Crippen molar-refractivity contribution in [2.75, 3.05) is 31.6 Å². The van der Waals surface area contributed by atoms with Crippen LogP contribution in [0, 0.1) is 0 Å². The average molecular weight is 479 g/mol. The number of halogens is 1. The van der Waals surface area contributed by atoms with Crippen LogP contribution in [0.1, 0.15) is 30.4 Å². The molecule has 0 bridgehead atoms. The number of fused-ring (bicyclic) bond motifs is 2. The molecule has 0 fully saturated rings. The summed E-state index contributed by atoms with van der Waals surface area (Å²) in [6.45, 7) is 5.07. The molecule has 1 heterocycles. The number of benzene rings is 2. The molecular formula is C21H26IN3O2. The van der Waals surface area contributed by atoms with E-state index in [1.165, 1.54) is 11.1 Å². The van der Waals surface area contributed by atoms with E-state index in [0.29, 0.717) is 19.1 Å². The predicted octanol–water partition coefficient (Wildman–Crippen LogP) is 4.18. The lowest BCUT2D eigenvalue weighted by molar-refractivity contribution is 0.297. The maximum atomic E-state index is 5.77. The van der Waals surface area contributed by atoms with E-state index in [4.69, 9.17) is 14.5 Å². The number of ether oxygens (including phenoxy) is 2. The second-order valence-electron chi connectivity index (χ2n) is 6.66. The third-order valence-electron chi connectivity index (χ3n) is 4.79. The Morgan fingerprint density at radius 2 is 1.93 bits per heavy atom. The molecule has 1 aliphatic heterocycles. The van der Waals surface area contributed by atoms with Gasteiger partial charge in [0.1, 0.15) is 0 Å². The van der Waals surface area contributed by atoms with Gasteiger partial charge in [-0.1, -0.05) is 24.3 Å². The van der Waals surface area contributed by atoms with Gasteiger partial charge in [-0.2, -0.15) is 0 Å². The minimum atomic E-state index is 0. The molecule has 1 atom stereocenters. The van der Waals surface area contributed by atoms with Crippen LogP contribution in [0.4, 0.5) is 5.69 Å². The van der Waals surface area contributed by atoms with Crippen molar-refractivity contribution in [2.45, 2.75) is 25.7 Å². The number of guanidine groups is 1. The van der Waals surface area contributed by atoms with Crippen LogP contribution in [0.3, 0.4) is 0 Å². The number of rotatable bonds is 4. The highest BCUT2D eigenvalue weighted by Gasteiger charge is 2.25. The van der Waals surface area contributed by atoms with Gasteiger partial charge in [0.05, 0.1) is 13.2 Å². The van der Waals surface area contributed by atoms with Gasteiger partial charge >= 0.3 is 0 Å². The monoisotopic (exact) mass is 479 g/mol. The van der Waals surface area contributed by atoms with E-state index in [1.807, 2.05) is 18.2 Å². The fraction of sp³-hybridized carbons (Fsp3) is 0.381.